The van der Waals surface area contributed by atoms with Crippen molar-refractivity contribution in [2.45, 2.75) is 0 Å². The zero-order chi connectivity index (χ0) is 20.2. The zero-order valence-electron chi connectivity index (χ0n) is 15.6. The summed E-state index contributed by atoms with van der Waals surface area (Å²) in [6, 6.07) is 23.7. The van der Waals surface area contributed by atoms with Gasteiger partial charge in [-0.2, -0.15) is 9.78 Å². The van der Waals surface area contributed by atoms with Gasteiger partial charge in [0.15, 0.2) is 0 Å². The number of rotatable bonds is 5. The van der Waals surface area contributed by atoms with Gasteiger partial charge in [0.05, 0.1) is 24.1 Å². The molecule has 6 heteroatoms. The number of ether oxygens (including phenoxy) is 2. The largest absolute Gasteiger partial charge is 0.497 e. The van der Waals surface area contributed by atoms with Gasteiger partial charge in [-0.1, -0.05) is 30.3 Å². The fourth-order valence-corrected chi connectivity index (χ4v) is 2.83. The highest BCUT2D eigenvalue weighted by molar-refractivity contribution is 5.91. The summed E-state index contributed by atoms with van der Waals surface area (Å²) < 4.78 is 25.5. The third kappa shape index (κ3) is 4.01. The van der Waals surface area contributed by atoms with Crippen LogP contribution in [0.2, 0.25) is 0 Å². The van der Waals surface area contributed by atoms with Crippen molar-refractivity contribution in [3.8, 4) is 28.6 Å². The molecule has 29 heavy (non-hydrogen) atoms. The minimum Gasteiger partial charge on any atom is -0.497 e. The Kier molecular flexibility index (Phi) is 5.07. The normalized spacial score (nSPS) is 10.6. The Labute approximate surface area is 166 Å². The quantitative estimate of drug-likeness (QED) is 0.456. The van der Waals surface area contributed by atoms with Crippen molar-refractivity contribution >= 4 is 5.97 Å². The molecular formula is C23H17FN2O3. The van der Waals surface area contributed by atoms with Crippen LogP contribution in [0.4, 0.5) is 4.39 Å². The van der Waals surface area contributed by atoms with Crippen molar-refractivity contribution < 1.29 is 18.7 Å². The highest BCUT2D eigenvalue weighted by Gasteiger charge is 2.17. The molecule has 0 spiro atoms. The molecular weight excluding hydrogens is 371 g/mol. The van der Waals surface area contributed by atoms with E-state index in [1.807, 2.05) is 42.5 Å². The number of hydrogen-bond donors (Lipinski definition) is 0. The first-order valence-corrected chi connectivity index (χ1v) is 8.92. The van der Waals surface area contributed by atoms with Crippen molar-refractivity contribution in [1.29, 1.82) is 0 Å². The van der Waals surface area contributed by atoms with Gasteiger partial charge in [-0.3, -0.25) is 0 Å². The molecule has 1 aromatic heterocycles. The lowest BCUT2D eigenvalue weighted by Crippen LogP contribution is -2.11. The molecule has 0 N–H and O–H groups in total. The molecule has 144 valence electrons. The smallest absolute Gasteiger partial charge is 0.344 e. The van der Waals surface area contributed by atoms with Crippen molar-refractivity contribution in [2.75, 3.05) is 7.11 Å². The Morgan fingerprint density at radius 3 is 2.28 bits per heavy atom. The Hall–Kier alpha value is -3.93. The monoisotopic (exact) mass is 388 g/mol. The molecule has 0 unspecified atom stereocenters. The molecule has 0 aliphatic rings. The summed E-state index contributed by atoms with van der Waals surface area (Å²) in [6.07, 6.45) is 0. The Balaban J connectivity index is 1.73. The Morgan fingerprint density at radius 2 is 1.62 bits per heavy atom. The topological polar surface area (TPSA) is 53.4 Å². The van der Waals surface area contributed by atoms with Crippen LogP contribution in [-0.4, -0.2) is 22.9 Å². The first-order valence-electron chi connectivity index (χ1n) is 8.92. The van der Waals surface area contributed by atoms with E-state index in [4.69, 9.17) is 9.47 Å². The molecule has 4 rings (SSSR count). The average molecular weight is 388 g/mol. The molecule has 0 aliphatic heterocycles. The van der Waals surface area contributed by atoms with Crippen LogP contribution in [0, 0.1) is 5.82 Å². The highest BCUT2D eigenvalue weighted by Crippen LogP contribution is 2.27. The van der Waals surface area contributed by atoms with E-state index in [1.54, 1.807) is 30.0 Å². The van der Waals surface area contributed by atoms with Crippen molar-refractivity contribution in [3.05, 3.63) is 96.3 Å². The van der Waals surface area contributed by atoms with Gasteiger partial charge in [-0.15, -0.1) is 0 Å². The van der Waals surface area contributed by atoms with Gasteiger partial charge < -0.3 is 9.47 Å². The fourth-order valence-electron chi connectivity index (χ4n) is 2.83. The predicted molar refractivity (Wildman–Crippen MR) is 107 cm³/mol. The van der Waals surface area contributed by atoms with E-state index < -0.39 is 11.8 Å². The maximum absolute atomic E-state index is 13.1. The fraction of sp³-hybridized carbons (Fsp3) is 0.0435. The van der Waals surface area contributed by atoms with E-state index in [1.165, 1.54) is 24.3 Å². The van der Waals surface area contributed by atoms with Gasteiger partial charge in [-0.05, 0) is 48.5 Å². The SMILES string of the molecule is COc1ccc(-n2nc(-c3ccccc3)cc2OC(=O)c2ccc(F)cc2)cc1. The first kappa shape index (κ1) is 18.4. The molecule has 0 saturated heterocycles. The second kappa shape index (κ2) is 7.98. The van der Waals surface area contributed by atoms with Crippen molar-refractivity contribution in [2.24, 2.45) is 0 Å². The van der Waals surface area contributed by atoms with Crippen molar-refractivity contribution in [1.82, 2.24) is 9.78 Å². The predicted octanol–water partition coefficient (Wildman–Crippen LogP) is 4.91. The van der Waals surface area contributed by atoms with E-state index >= 15 is 0 Å². The number of benzene rings is 3. The summed E-state index contributed by atoms with van der Waals surface area (Å²) in [5.41, 5.74) is 2.49. The standard InChI is InChI=1S/C23H17FN2O3/c1-28-20-13-11-19(12-14-20)26-22(15-21(25-26)16-5-3-2-4-6-16)29-23(27)17-7-9-18(24)10-8-17/h2-15H,1H3. The lowest BCUT2D eigenvalue weighted by atomic mass is 10.2. The molecule has 4 aromatic rings. The third-order valence-electron chi connectivity index (χ3n) is 4.34. The summed E-state index contributed by atoms with van der Waals surface area (Å²) >= 11 is 0. The van der Waals surface area contributed by atoms with Gasteiger partial charge in [0.2, 0.25) is 5.88 Å². The van der Waals surface area contributed by atoms with Crippen LogP contribution >= 0.6 is 0 Å². The number of methoxy groups -OCH3 is 1. The van der Waals surface area contributed by atoms with Gasteiger partial charge in [-0.25, -0.2) is 9.18 Å². The second-order valence-electron chi connectivity index (χ2n) is 6.24. The first-order chi connectivity index (χ1) is 14.1. The minimum absolute atomic E-state index is 0.246. The number of halogens is 1. The van der Waals surface area contributed by atoms with Crippen LogP contribution in [0.3, 0.4) is 0 Å². The number of aromatic nitrogens is 2. The molecule has 5 nitrogen and oxygen atoms in total. The summed E-state index contributed by atoms with van der Waals surface area (Å²) in [5, 5.41) is 4.61. The Bertz CT molecular complexity index is 1120. The summed E-state index contributed by atoms with van der Waals surface area (Å²) in [4.78, 5) is 12.5. The highest BCUT2D eigenvalue weighted by atomic mass is 19.1. The molecule has 0 radical (unpaired) electrons. The summed E-state index contributed by atoms with van der Waals surface area (Å²) in [5.74, 6) is -0.0622. The molecule has 1 heterocycles. The maximum Gasteiger partial charge on any atom is 0.344 e. The number of hydrogen-bond acceptors (Lipinski definition) is 4. The number of nitrogens with zero attached hydrogens (tertiary/aromatic N) is 2. The van der Waals surface area contributed by atoms with E-state index in [-0.39, 0.29) is 11.4 Å². The van der Waals surface area contributed by atoms with Gasteiger partial charge in [0, 0.05) is 11.6 Å². The lowest BCUT2D eigenvalue weighted by molar-refractivity contribution is 0.0723. The maximum atomic E-state index is 13.1. The van der Waals surface area contributed by atoms with Crippen LogP contribution < -0.4 is 9.47 Å². The van der Waals surface area contributed by atoms with Crippen LogP contribution in [0.15, 0.2) is 84.9 Å². The third-order valence-corrected chi connectivity index (χ3v) is 4.34. The molecule has 0 bridgehead atoms. The van der Waals surface area contributed by atoms with Crippen LogP contribution in [0.25, 0.3) is 16.9 Å². The zero-order valence-corrected chi connectivity index (χ0v) is 15.6. The van der Waals surface area contributed by atoms with Crippen LogP contribution in [0.5, 0.6) is 11.6 Å². The number of carbonyl (C=O) groups excluding carboxylic acids is 1. The van der Waals surface area contributed by atoms with Gasteiger partial charge >= 0.3 is 5.97 Å². The number of esters is 1. The van der Waals surface area contributed by atoms with Gasteiger partial charge in [0.25, 0.3) is 0 Å². The molecule has 0 fully saturated rings. The van der Waals surface area contributed by atoms with E-state index in [9.17, 15) is 9.18 Å². The van der Waals surface area contributed by atoms with Crippen LogP contribution in [-0.2, 0) is 0 Å². The Morgan fingerprint density at radius 1 is 0.931 bits per heavy atom. The van der Waals surface area contributed by atoms with Crippen LogP contribution in [0.1, 0.15) is 10.4 Å². The average Bonchev–Trinajstić information content (AvgIpc) is 3.18. The van der Waals surface area contributed by atoms with Gasteiger partial charge in [0.1, 0.15) is 11.6 Å². The molecule has 0 aliphatic carbocycles. The van der Waals surface area contributed by atoms with Crippen molar-refractivity contribution in [3.63, 3.8) is 0 Å². The van der Waals surface area contributed by atoms with E-state index in [0.717, 1.165) is 5.56 Å². The number of carbonyl (C=O) groups is 1. The second-order valence-corrected chi connectivity index (χ2v) is 6.24. The minimum atomic E-state index is -0.598. The van der Waals surface area contributed by atoms with E-state index in [2.05, 4.69) is 5.10 Å². The summed E-state index contributed by atoms with van der Waals surface area (Å²) in [7, 11) is 1.59. The molecule has 0 atom stereocenters. The molecule has 0 amide bonds. The molecule has 3 aromatic carbocycles. The summed E-state index contributed by atoms with van der Waals surface area (Å²) in [6.45, 7) is 0. The molecule has 0 saturated carbocycles. The lowest BCUT2D eigenvalue weighted by Gasteiger charge is -2.08. The van der Waals surface area contributed by atoms with E-state index in [0.29, 0.717) is 17.1 Å².